The molecular weight excluding hydrogens is 252 g/mol. The lowest BCUT2D eigenvalue weighted by molar-refractivity contribution is 0.401. The van der Waals surface area contributed by atoms with Crippen LogP contribution in [0.5, 0.6) is 5.75 Å². The second-order valence-corrected chi connectivity index (χ2v) is 4.92. The second-order valence-electron chi connectivity index (χ2n) is 4.92. The van der Waals surface area contributed by atoms with Gasteiger partial charge < -0.3 is 10.1 Å². The summed E-state index contributed by atoms with van der Waals surface area (Å²) in [6.07, 6.45) is 2.86. The molecule has 1 N–H and O–H groups in total. The average molecular weight is 274 g/mol. The molecule has 1 aromatic heterocycles. The monoisotopic (exact) mass is 274 g/mol. The largest absolute Gasteiger partial charge is 0.496 e. The topological polar surface area (TPSA) is 52.0 Å². The number of benzene rings is 1. The Morgan fingerprint density at radius 2 is 2.20 bits per heavy atom. The van der Waals surface area contributed by atoms with Crippen LogP contribution < -0.4 is 10.1 Å². The zero-order valence-corrected chi connectivity index (χ0v) is 12.6. The van der Waals surface area contributed by atoms with E-state index in [2.05, 4.69) is 47.7 Å². The van der Waals surface area contributed by atoms with Crippen LogP contribution in [-0.2, 0) is 7.05 Å². The van der Waals surface area contributed by atoms with Crippen LogP contribution >= 0.6 is 0 Å². The number of hydrogen-bond donors (Lipinski definition) is 1. The van der Waals surface area contributed by atoms with E-state index in [1.807, 2.05) is 7.05 Å². The molecule has 1 atom stereocenters. The smallest absolute Gasteiger partial charge is 0.124 e. The molecule has 0 saturated heterocycles. The van der Waals surface area contributed by atoms with E-state index in [-0.39, 0.29) is 6.04 Å². The first-order chi connectivity index (χ1) is 9.67. The van der Waals surface area contributed by atoms with E-state index in [0.29, 0.717) is 0 Å². The number of nitrogens with one attached hydrogen (secondary N) is 1. The lowest BCUT2D eigenvalue weighted by Gasteiger charge is -2.21. The first-order valence-corrected chi connectivity index (χ1v) is 6.89. The van der Waals surface area contributed by atoms with Gasteiger partial charge in [-0.1, -0.05) is 24.3 Å². The van der Waals surface area contributed by atoms with Gasteiger partial charge in [-0.3, -0.25) is 4.68 Å². The molecular formula is C15H22N4O. The minimum absolute atomic E-state index is 0.0329. The van der Waals surface area contributed by atoms with Crippen molar-refractivity contribution in [3.8, 4) is 5.75 Å². The summed E-state index contributed by atoms with van der Waals surface area (Å²) in [5, 5.41) is 11.6. The molecule has 0 spiro atoms. The van der Waals surface area contributed by atoms with Crippen LogP contribution in [0.1, 0.15) is 36.2 Å². The van der Waals surface area contributed by atoms with Crippen molar-refractivity contribution in [2.45, 2.75) is 26.3 Å². The summed E-state index contributed by atoms with van der Waals surface area (Å²) in [6, 6.07) is 6.29. The normalized spacial score (nSPS) is 12.4. The molecule has 0 aliphatic rings. The highest BCUT2D eigenvalue weighted by Gasteiger charge is 2.21. The maximum atomic E-state index is 5.53. The SMILES string of the molecule is CCCNC(c1ccc(C)cc1OC)c1cnnn1C. The molecule has 2 aromatic rings. The van der Waals surface area contributed by atoms with E-state index in [1.165, 1.54) is 5.56 Å². The van der Waals surface area contributed by atoms with Gasteiger partial charge in [0, 0.05) is 12.6 Å². The number of hydrogen-bond acceptors (Lipinski definition) is 4. The van der Waals surface area contributed by atoms with Crippen LogP contribution in [0.2, 0.25) is 0 Å². The fourth-order valence-corrected chi connectivity index (χ4v) is 2.28. The van der Waals surface area contributed by atoms with Crippen LogP contribution in [0.3, 0.4) is 0 Å². The summed E-state index contributed by atoms with van der Waals surface area (Å²) < 4.78 is 7.33. The van der Waals surface area contributed by atoms with Crippen molar-refractivity contribution in [2.24, 2.45) is 7.05 Å². The lowest BCUT2D eigenvalue weighted by Crippen LogP contribution is -2.25. The van der Waals surface area contributed by atoms with Gasteiger partial charge in [-0.25, -0.2) is 0 Å². The third kappa shape index (κ3) is 2.99. The summed E-state index contributed by atoms with van der Waals surface area (Å²) in [5.74, 6) is 0.889. The average Bonchev–Trinajstić information content (AvgIpc) is 2.86. The maximum absolute atomic E-state index is 5.53. The van der Waals surface area contributed by atoms with E-state index in [4.69, 9.17) is 4.74 Å². The van der Waals surface area contributed by atoms with Crippen LogP contribution in [-0.4, -0.2) is 28.6 Å². The molecule has 0 aliphatic heterocycles. The van der Waals surface area contributed by atoms with Crippen molar-refractivity contribution >= 4 is 0 Å². The Morgan fingerprint density at radius 1 is 1.40 bits per heavy atom. The van der Waals surface area contributed by atoms with Gasteiger partial charge in [0.1, 0.15) is 5.75 Å². The van der Waals surface area contributed by atoms with Crippen molar-refractivity contribution in [3.05, 3.63) is 41.2 Å². The highest BCUT2D eigenvalue weighted by molar-refractivity contribution is 5.42. The van der Waals surface area contributed by atoms with E-state index in [1.54, 1.807) is 18.0 Å². The molecule has 1 heterocycles. The van der Waals surface area contributed by atoms with Gasteiger partial charge in [0.05, 0.1) is 25.0 Å². The molecule has 0 bridgehead atoms. The molecule has 2 rings (SSSR count). The Morgan fingerprint density at radius 3 is 2.80 bits per heavy atom. The Bertz CT molecular complexity index is 565. The summed E-state index contributed by atoms with van der Waals surface area (Å²) in [6.45, 7) is 5.14. The van der Waals surface area contributed by atoms with Crippen molar-refractivity contribution in [1.82, 2.24) is 20.3 Å². The van der Waals surface area contributed by atoms with E-state index in [0.717, 1.165) is 30.0 Å². The highest BCUT2D eigenvalue weighted by atomic mass is 16.5. The molecule has 108 valence electrons. The molecule has 0 fully saturated rings. The molecule has 0 aliphatic carbocycles. The van der Waals surface area contributed by atoms with E-state index >= 15 is 0 Å². The number of nitrogens with zero attached hydrogens (tertiary/aromatic N) is 3. The van der Waals surface area contributed by atoms with Crippen LogP contribution in [0, 0.1) is 6.92 Å². The first-order valence-electron chi connectivity index (χ1n) is 6.89. The van der Waals surface area contributed by atoms with E-state index in [9.17, 15) is 0 Å². The van der Waals surface area contributed by atoms with Gasteiger partial charge in [-0.15, -0.1) is 5.10 Å². The number of aromatic nitrogens is 3. The number of aryl methyl sites for hydroxylation is 2. The summed E-state index contributed by atoms with van der Waals surface area (Å²) in [5.41, 5.74) is 3.32. The van der Waals surface area contributed by atoms with Gasteiger partial charge in [0.25, 0.3) is 0 Å². The Kier molecular flexibility index (Phi) is 4.74. The second kappa shape index (κ2) is 6.52. The van der Waals surface area contributed by atoms with Crippen molar-refractivity contribution in [2.75, 3.05) is 13.7 Å². The standard InChI is InChI=1S/C15H22N4O/c1-5-8-16-15(13-10-17-18-19(13)3)12-7-6-11(2)9-14(12)20-4/h6-7,9-10,15-16H,5,8H2,1-4H3. The predicted molar refractivity (Wildman–Crippen MR) is 78.9 cm³/mol. The first kappa shape index (κ1) is 14.5. The Balaban J connectivity index is 2.43. The molecule has 0 amide bonds. The Hall–Kier alpha value is -1.88. The molecule has 1 unspecified atom stereocenters. The summed E-state index contributed by atoms with van der Waals surface area (Å²) in [7, 11) is 3.61. The van der Waals surface area contributed by atoms with Gasteiger partial charge in [-0.2, -0.15) is 0 Å². The highest BCUT2D eigenvalue weighted by Crippen LogP contribution is 2.30. The predicted octanol–water partition coefficient (Wildman–Crippen LogP) is 2.22. The van der Waals surface area contributed by atoms with Gasteiger partial charge >= 0.3 is 0 Å². The van der Waals surface area contributed by atoms with Crippen molar-refractivity contribution in [3.63, 3.8) is 0 Å². The summed E-state index contributed by atoms with van der Waals surface area (Å²) in [4.78, 5) is 0. The van der Waals surface area contributed by atoms with E-state index < -0.39 is 0 Å². The van der Waals surface area contributed by atoms with Crippen molar-refractivity contribution in [1.29, 1.82) is 0 Å². The zero-order valence-electron chi connectivity index (χ0n) is 12.6. The number of methoxy groups -OCH3 is 1. The number of rotatable bonds is 6. The quantitative estimate of drug-likeness (QED) is 0.877. The molecule has 0 saturated carbocycles. The summed E-state index contributed by atoms with van der Waals surface area (Å²) >= 11 is 0. The third-order valence-corrected chi connectivity index (χ3v) is 3.34. The van der Waals surface area contributed by atoms with Gasteiger partial charge in [0.2, 0.25) is 0 Å². The van der Waals surface area contributed by atoms with Crippen LogP contribution in [0.4, 0.5) is 0 Å². The van der Waals surface area contributed by atoms with Gasteiger partial charge in [0.15, 0.2) is 0 Å². The fourth-order valence-electron chi connectivity index (χ4n) is 2.28. The maximum Gasteiger partial charge on any atom is 0.124 e. The Labute approximate surface area is 120 Å². The molecule has 5 nitrogen and oxygen atoms in total. The molecule has 0 radical (unpaired) electrons. The van der Waals surface area contributed by atoms with Crippen molar-refractivity contribution < 1.29 is 4.74 Å². The zero-order chi connectivity index (χ0) is 14.5. The minimum Gasteiger partial charge on any atom is -0.496 e. The fraction of sp³-hybridized carbons (Fsp3) is 0.467. The van der Waals surface area contributed by atoms with Gasteiger partial charge in [-0.05, 0) is 31.5 Å². The molecule has 20 heavy (non-hydrogen) atoms. The van der Waals surface area contributed by atoms with Crippen LogP contribution in [0.25, 0.3) is 0 Å². The minimum atomic E-state index is 0.0329. The van der Waals surface area contributed by atoms with Crippen LogP contribution in [0.15, 0.2) is 24.4 Å². The third-order valence-electron chi connectivity index (χ3n) is 3.34. The number of ether oxygens (including phenoxy) is 1. The molecule has 1 aromatic carbocycles. The lowest BCUT2D eigenvalue weighted by atomic mass is 10.0. The molecule has 5 heteroatoms.